The summed E-state index contributed by atoms with van der Waals surface area (Å²) in [6, 6.07) is 0.365. The maximum absolute atomic E-state index is 12.3. The molecule has 7 nitrogen and oxygen atoms in total. The number of morpholine rings is 1. The fraction of sp³-hybridized carbons (Fsp3) is 0.643. The van der Waals surface area contributed by atoms with Crippen molar-refractivity contribution in [3.8, 4) is 0 Å². The largest absolute Gasteiger partial charge is 0.375 e. The minimum Gasteiger partial charge on any atom is -0.375 e. The van der Waals surface area contributed by atoms with Gasteiger partial charge in [0.15, 0.2) is 0 Å². The summed E-state index contributed by atoms with van der Waals surface area (Å²) in [5.41, 5.74) is 0. The average Bonchev–Trinajstić information content (AvgIpc) is 2.94. The fourth-order valence-electron chi connectivity index (χ4n) is 3.21. The summed E-state index contributed by atoms with van der Waals surface area (Å²) in [6.07, 6.45) is 5.27. The standard InChI is InChI=1S/C14H21N5O2/c1-2-5-18-8-9-21-12-4-7-19(6-3-11(12)18)14(20)13-15-10-16-17-13/h2,10-12H,1,3-9H2,(H,15,16,17). The maximum atomic E-state index is 12.3. The summed E-state index contributed by atoms with van der Waals surface area (Å²) in [4.78, 5) is 20.5. The van der Waals surface area contributed by atoms with Crippen LogP contribution in [0.5, 0.6) is 0 Å². The number of aromatic amines is 1. The number of rotatable bonds is 3. The van der Waals surface area contributed by atoms with Crippen LogP contribution in [-0.2, 0) is 4.74 Å². The van der Waals surface area contributed by atoms with Crippen molar-refractivity contribution >= 4 is 5.91 Å². The normalized spacial score (nSPS) is 27.0. The predicted molar refractivity (Wildman–Crippen MR) is 76.8 cm³/mol. The van der Waals surface area contributed by atoms with Crippen LogP contribution in [0.25, 0.3) is 0 Å². The van der Waals surface area contributed by atoms with Gasteiger partial charge >= 0.3 is 0 Å². The smallest absolute Gasteiger partial charge is 0.291 e. The van der Waals surface area contributed by atoms with Crippen LogP contribution in [0.1, 0.15) is 23.5 Å². The second-order valence-corrected chi connectivity index (χ2v) is 5.46. The van der Waals surface area contributed by atoms with Crippen molar-refractivity contribution in [2.45, 2.75) is 25.0 Å². The second kappa shape index (κ2) is 6.36. The highest BCUT2D eigenvalue weighted by Gasteiger charge is 2.35. The minimum absolute atomic E-state index is 0.0820. The van der Waals surface area contributed by atoms with Gasteiger partial charge in [-0.25, -0.2) is 4.98 Å². The van der Waals surface area contributed by atoms with E-state index in [1.54, 1.807) is 0 Å². The summed E-state index contributed by atoms with van der Waals surface area (Å²) in [5.74, 6) is 0.227. The molecule has 2 aliphatic heterocycles. The highest BCUT2D eigenvalue weighted by molar-refractivity contribution is 5.90. The Labute approximate surface area is 124 Å². The molecule has 2 atom stereocenters. The van der Waals surface area contributed by atoms with E-state index in [2.05, 4.69) is 26.7 Å². The first-order valence-corrected chi connectivity index (χ1v) is 7.41. The van der Waals surface area contributed by atoms with Crippen molar-refractivity contribution in [1.29, 1.82) is 0 Å². The Morgan fingerprint density at radius 1 is 1.48 bits per heavy atom. The molecule has 1 aromatic rings. The van der Waals surface area contributed by atoms with Gasteiger partial charge < -0.3 is 9.64 Å². The lowest BCUT2D eigenvalue weighted by atomic mass is 10.0. The fourth-order valence-corrected chi connectivity index (χ4v) is 3.21. The summed E-state index contributed by atoms with van der Waals surface area (Å²) in [5, 5.41) is 6.38. The van der Waals surface area contributed by atoms with E-state index in [4.69, 9.17) is 4.74 Å². The van der Waals surface area contributed by atoms with E-state index >= 15 is 0 Å². The Morgan fingerprint density at radius 3 is 3.10 bits per heavy atom. The quantitative estimate of drug-likeness (QED) is 0.811. The molecule has 2 unspecified atom stereocenters. The monoisotopic (exact) mass is 291 g/mol. The topological polar surface area (TPSA) is 74.3 Å². The first kappa shape index (κ1) is 14.2. The zero-order valence-electron chi connectivity index (χ0n) is 12.1. The van der Waals surface area contributed by atoms with Crippen LogP contribution in [-0.4, -0.2) is 75.8 Å². The van der Waals surface area contributed by atoms with Gasteiger partial charge in [0.1, 0.15) is 6.33 Å². The first-order chi connectivity index (χ1) is 10.3. The molecule has 0 spiro atoms. The molecule has 21 heavy (non-hydrogen) atoms. The van der Waals surface area contributed by atoms with E-state index in [-0.39, 0.29) is 12.0 Å². The number of hydrogen-bond donors (Lipinski definition) is 1. The molecule has 1 N–H and O–H groups in total. The van der Waals surface area contributed by atoms with Crippen LogP contribution in [0.4, 0.5) is 0 Å². The van der Waals surface area contributed by atoms with Crippen molar-refractivity contribution in [3.05, 3.63) is 24.8 Å². The minimum atomic E-state index is -0.0820. The molecule has 1 aromatic heterocycles. The SMILES string of the molecule is C=CCN1CCOC2CCN(C(=O)c3ncn[nH]3)CCC21. The molecule has 0 aliphatic carbocycles. The third-order valence-electron chi connectivity index (χ3n) is 4.26. The van der Waals surface area contributed by atoms with E-state index in [0.717, 1.165) is 39.1 Å². The van der Waals surface area contributed by atoms with Gasteiger partial charge in [0.2, 0.25) is 5.82 Å². The van der Waals surface area contributed by atoms with E-state index in [1.807, 2.05) is 11.0 Å². The maximum Gasteiger partial charge on any atom is 0.291 e. The van der Waals surface area contributed by atoms with Crippen molar-refractivity contribution in [3.63, 3.8) is 0 Å². The van der Waals surface area contributed by atoms with Crippen LogP contribution in [0.15, 0.2) is 19.0 Å². The van der Waals surface area contributed by atoms with Gasteiger partial charge in [-0.1, -0.05) is 6.08 Å². The molecule has 2 fully saturated rings. The predicted octanol–water partition coefficient (Wildman–Crippen LogP) is 0.296. The average molecular weight is 291 g/mol. The van der Waals surface area contributed by atoms with Crippen LogP contribution in [0.2, 0.25) is 0 Å². The Balaban J connectivity index is 1.68. The van der Waals surface area contributed by atoms with Gasteiger partial charge in [-0.05, 0) is 12.8 Å². The molecule has 3 rings (SSSR count). The number of carbonyl (C=O) groups excluding carboxylic acids is 1. The number of aromatic nitrogens is 3. The molecule has 1 amide bonds. The summed E-state index contributed by atoms with van der Waals surface area (Å²) in [7, 11) is 0. The van der Waals surface area contributed by atoms with Crippen LogP contribution >= 0.6 is 0 Å². The number of carbonyl (C=O) groups is 1. The number of H-pyrrole nitrogens is 1. The first-order valence-electron chi connectivity index (χ1n) is 7.41. The molecule has 3 heterocycles. The molecule has 0 bridgehead atoms. The Hall–Kier alpha value is -1.73. The number of nitrogens with one attached hydrogen (secondary N) is 1. The lowest BCUT2D eigenvalue weighted by molar-refractivity contribution is -0.0672. The third-order valence-corrected chi connectivity index (χ3v) is 4.26. The van der Waals surface area contributed by atoms with Gasteiger partial charge in [-0.15, -0.1) is 6.58 Å². The molecular formula is C14H21N5O2. The van der Waals surface area contributed by atoms with Gasteiger partial charge in [-0.3, -0.25) is 14.8 Å². The van der Waals surface area contributed by atoms with E-state index in [9.17, 15) is 4.79 Å². The van der Waals surface area contributed by atoms with E-state index in [0.29, 0.717) is 18.4 Å². The number of fused-ring (bicyclic) bond motifs is 1. The number of ether oxygens (including phenoxy) is 1. The zero-order valence-corrected chi connectivity index (χ0v) is 12.1. The molecule has 0 aromatic carbocycles. The lowest BCUT2D eigenvalue weighted by Gasteiger charge is -2.39. The highest BCUT2D eigenvalue weighted by atomic mass is 16.5. The van der Waals surface area contributed by atoms with Gasteiger partial charge in [0.05, 0.1) is 12.7 Å². The molecule has 2 saturated heterocycles. The highest BCUT2D eigenvalue weighted by Crippen LogP contribution is 2.24. The van der Waals surface area contributed by atoms with Crippen LogP contribution < -0.4 is 0 Å². The third kappa shape index (κ3) is 2.98. The summed E-state index contributed by atoms with van der Waals surface area (Å²) in [6.45, 7) is 7.81. The number of nitrogens with zero attached hydrogens (tertiary/aromatic N) is 4. The summed E-state index contributed by atoms with van der Waals surface area (Å²) >= 11 is 0. The molecule has 0 saturated carbocycles. The van der Waals surface area contributed by atoms with Gasteiger partial charge in [0.25, 0.3) is 5.91 Å². The molecule has 7 heteroatoms. The molecule has 2 aliphatic rings. The van der Waals surface area contributed by atoms with Gasteiger partial charge in [-0.2, -0.15) is 5.10 Å². The molecule has 114 valence electrons. The Morgan fingerprint density at radius 2 is 2.33 bits per heavy atom. The van der Waals surface area contributed by atoms with Crippen molar-refractivity contribution < 1.29 is 9.53 Å². The number of hydrogen-bond acceptors (Lipinski definition) is 5. The van der Waals surface area contributed by atoms with Crippen LogP contribution in [0.3, 0.4) is 0 Å². The van der Waals surface area contributed by atoms with E-state index in [1.165, 1.54) is 6.33 Å². The molecule has 0 radical (unpaired) electrons. The molecular weight excluding hydrogens is 270 g/mol. The zero-order chi connectivity index (χ0) is 14.7. The van der Waals surface area contributed by atoms with Crippen LogP contribution in [0, 0.1) is 0 Å². The van der Waals surface area contributed by atoms with Crippen molar-refractivity contribution in [1.82, 2.24) is 25.0 Å². The Kier molecular flexibility index (Phi) is 4.31. The summed E-state index contributed by atoms with van der Waals surface area (Å²) < 4.78 is 5.91. The van der Waals surface area contributed by atoms with E-state index < -0.39 is 0 Å². The number of amides is 1. The second-order valence-electron chi connectivity index (χ2n) is 5.46. The van der Waals surface area contributed by atoms with Gasteiger partial charge in [0, 0.05) is 32.2 Å². The Bertz CT molecular complexity index is 490. The lowest BCUT2D eigenvalue weighted by Crippen LogP contribution is -2.51. The van der Waals surface area contributed by atoms with Crippen molar-refractivity contribution in [2.24, 2.45) is 0 Å². The number of likely N-dealkylation sites (tertiary alicyclic amines) is 1. The van der Waals surface area contributed by atoms with Crippen molar-refractivity contribution in [2.75, 3.05) is 32.8 Å².